The number of methoxy groups -OCH3 is 4. The van der Waals surface area contributed by atoms with E-state index in [1.165, 1.54) is 23.5 Å². The smallest absolute Gasteiger partial charge is 0.280 e. The molecule has 0 radical (unpaired) electrons. The summed E-state index contributed by atoms with van der Waals surface area (Å²) in [5.41, 5.74) is 1.89. The van der Waals surface area contributed by atoms with E-state index in [1.807, 2.05) is 24.3 Å². The Balaban J connectivity index is 1.78. The molecular weight excluding hydrogens is 454 g/mol. The van der Waals surface area contributed by atoms with E-state index in [9.17, 15) is 4.79 Å². The number of anilines is 1. The van der Waals surface area contributed by atoms with Gasteiger partial charge in [-0.25, -0.2) is 4.98 Å². The highest BCUT2D eigenvalue weighted by Gasteiger charge is 2.21. The van der Waals surface area contributed by atoms with Gasteiger partial charge in [0.1, 0.15) is 5.75 Å². The number of hydrazone groups is 1. The molecule has 4 aromatic rings. The van der Waals surface area contributed by atoms with Crippen LogP contribution < -0.4 is 24.0 Å². The van der Waals surface area contributed by atoms with E-state index in [4.69, 9.17) is 18.9 Å². The van der Waals surface area contributed by atoms with Crippen molar-refractivity contribution >= 4 is 38.8 Å². The van der Waals surface area contributed by atoms with Crippen LogP contribution >= 0.6 is 11.3 Å². The summed E-state index contributed by atoms with van der Waals surface area (Å²) >= 11 is 1.35. The SMILES string of the molecule is COc1ccc2nc(N(/N=C/c3cc(OC)c(OC)c(OC)c3)C(=O)c3ccccc3)sc2c1. The fourth-order valence-corrected chi connectivity index (χ4v) is 4.25. The van der Waals surface area contributed by atoms with Crippen molar-refractivity contribution in [2.24, 2.45) is 5.10 Å². The Labute approximate surface area is 201 Å². The van der Waals surface area contributed by atoms with Crippen LogP contribution in [-0.4, -0.2) is 45.5 Å². The van der Waals surface area contributed by atoms with Gasteiger partial charge in [0.25, 0.3) is 5.91 Å². The molecule has 8 nitrogen and oxygen atoms in total. The first-order valence-electron chi connectivity index (χ1n) is 10.3. The number of hydrogen-bond acceptors (Lipinski definition) is 8. The van der Waals surface area contributed by atoms with Crippen LogP contribution in [0.1, 0.15) is 15.9 Å². The third kappa shape index (κ3) is 4.65. The molecule has 0 N–H and O–H groups in total. The topological polar surface area (TPSA) is 82.5 Å². The minimum atomic E-state index is -0.310. The third-order valence-electron chi connectivity index (χ3n) is 4.99. The lowest BCUT2D eigenvalue weighted by Gasteiger charge is -2.15. The highest BCUT2D eigenvalue weighted by molar-refractivity contribution is 7.22. The van der Waals surface area contributed by atoms with E-state index in [0.29, 0.717) is 39.3 Å². The molecule has 0 saturated heterocycles. The molecule has 9 heteroatoms. The van der Waals surface area contributed by atoms with E-state index in [2.05, 4.69) is 10.1 Å². The van der Waals surface area contributed by atoms with Crippen LogP contribution in [-0.2, 0) is 0 Å². The minimum Gasteiger partial charge on any atom is -0.497 e. The van der Waals surface area contributed by atoms with Crippen molar-refractivity contribution in [3.63, 3.8) is 0 Å². The van der Waals surface area contributed by atoms with Crippen LogP contribution in [0.3, 0.4) is 0 Å². The number of carbonyl (C=O) groups excluding carboxylic acids is 1. The number of ether oxygens (including phenoxy) is 4. The lowest BCUT2D eigenvalue weighted by molar-refractivity contribution is 0.0988. The van der Waals surface area contributed by atoms with Gasteiger partial charge in [-0.05, 0) is 42.5 Å². The van der Waals surface area contributed by atoms with Crippen molar-refractivity contribution in [3.8, 4) is 23.0 Å². The van der Waals surface area contributed by atoms with Gasteiger partial charge >= 0.3 is 0 Å². The minimum absolute atomic E-state index is 0.310. The van der Waals surface area contributed by atoms with Crippen molar-refractivity contribution < 1.29 is 23.7 Å². The Kier molecular flexibility index (Phi) is 6.93. The maximum absolute atomic E-state index is 13.4. The standard InChI is InChI=1S/C25H23N3O5S/c1-30-18-10-11-19-22(14-18)34-25(27-19)28(24(29)17-8-6-5-7-9-17)26-15-16-12-20(31-2)23(33-4)21(13-16)32-3/h5-15H,1-4H3/b26-15+. The zero-order valence-electron chi connectivity index (χ0n) is 19.1. The van der Waals surface area contributed by atoms with Crippen molar-refractivity contribution in [2.75, 3.05) is 33.4 Å². The molecule has 174 valence electrons. The van der Waals surface area contributed by atoms with Gasteiger partial charge in [-0.1, -0.05) is 29.5 Å². The zero-order chi connectivity index (χ0) is 24.1. The molecule has 0 saturated carbocycles. The summed E-state index contributed by atoms with van der Waals surface area (Å²) in [4.78, 5) is 18.0. The lowest BCUT2D eigenvalue weighted by atomic mass is 10.2. The molecule has 0 atom stereocenters. The molecule has 1 amide bonds. The summed E-state index contributed by atoms with van der Waals surface area (Å²) in [7, 11) is 6.23. The molecule has 0 aliphatic heterocycles. The fourth-order valence-electron chi connectivity index (χ4n) is 3.30. The summed E-state index contributed by atoms with van der Waals surface area (Å²) < 4.78 is 22.4. The summed E-state index contributed by atoms with van der Waals surface area (Å²) in [6.07, 6.45) is 1.55. The van der Waals surface area contributed by atoms with E-state index in [1.54, 1.807) is 63.9 Å². The number of aromatic nitrogens is 1. The van der Waals surface area contributed by atoms with E-state index in [-0.39, 0.29) is 5.91 Å². The van der Waals surface area contributed by atoms with E-state index in [0.717, 1.165) is 10.2 Å². The van der Waals surface area contributed by atoms with Gasteiger partial charge < -0.3 is 18.9 Å². The van der Waals surface area contributed by atoms with Crippen LogP contribution in [0.2, 0.25) is 0 Å². The van der Waals surface area contributed by atoms with Gasteiger partial charge in [-0.2, -0.15) is 10.1 Å². The molecule has 0 bridgehead atoms. The molecule has 1 heterocycles. The first-order chi connectivity index (χ1) is 16.6. The molecule has 0 fully saturated rings. The lowest BCUT2D eigenvalue weighted by Crippen LogP contribution is -2.25. The van der Waals surface area contributed by atoms with Crippen molar-refractivity contribution in [1.29, 1.82) is 0 Å². The molecule has 3 aromatic carbocycles. The van der Waals surface area contributed by atoms with Gasteiger partial charge in [0.05, 0.1) is 44.9 Å². The maximum atomic E-state index is 13.4. The number of fused-ring (bicyclic) bond motifs is 1. The van der Waals surface area contributed by atoms with Crippen LogP contribution in [0.15, 0.2) is 65.8 Å². The Morgan fingerprint density at radius 1 is 0.912 bits per heavy atom. The number of hydrogen-bond donors (Lipinski definition) is 0. The molecule has 4 rings (SSSR count). The van der Waals surface area contributed by atoms with Crippen LogP contribution in [0.25, 0.3) is 10.2 Å². The number of amides is 1. The van der Waals surface area contributed by atoms with Crippen molar-refractivity contribution in [1.82, 2.24) is 4.98 Å². The molecule has 0 unspecified atom stereocenters. The second-order valence-electron chi connectivity index (χ2n) is 7.02. The number of nitrogens with zero attached hydrogens (tertiary/aromatic N) is 3. The summed E-state index contributed by atoms with van der Waals surface area (Å²) in [5.74, 6) is 1.84. The van der Waals surface area contributed by atoms with E-state index >= 15 is 0 Å². The van der Waals surface area contributed by atoms with Crippen molar-refractivity contribution in [2.45, 2.75) is 0 Å². The maximum Gasteiger partial charge on any atom is 0.280 e. The second-order valence-corrected chi connectivity index (χ2v) is 8.03. The largest absolute Gasteiger partial charge is 0.497 e. The zero-order valence-corrected chi connectivity index (χ0v) is 20.0. The quantitative estimate of drug-likeness (QED) is 0.262. The third-order valence-corrected chi connectivity index (χ3v) is 5.98. The van der Waals surface area contributed by atoms with Crippen LogP contribution in [0, 0.1) is 0 Å². The average molecular weight is 478 g/mol. The van der Waals surface area contributed by atoms with Crippen LogP contribution in [0.4, 0.5) is 5.13 Å². The van der Waals surface area contributed by atoms with Gasteiger partial charge in [0, 0.05) is 11.1 Å². The van der Waals surface area contributed by atoms with Crippen LogP contribution in [0.5, 0.6) is 23.0 Å². The van der Waals surface area contributed by atoms with E-state index < -0.39 is 0 Å². The number of benzene rings is 3. The molecule has 0 aliphatic rings. The second kappa shape index (κ2) is 10.2. The average Bonchev–Trinajstić information content (AvgIpc) is 3.31. The molecular formula is C25H23N3O5S. The number of carbonyl (C=O) groups is 1. The van der Waals surface area contributed by atoms with Gasteiger partial charge in [0.15, 0.2) is 11.5 Å². The molecule has 34 heavy (non-hydrogen) atoms. The predicted octanol–water partition coefficient (Wildman–Crippen LogP) is 5.01. The Bertz CT molecular complexity index is 1310. The number of thiazole rings is 1. The predicted molar refractivity (Wildman–Crippen MR) is 133 cm³/mol. The first kappa shape index (κ1) is 23.1. The molecule has 0 aliphatic carbocycles. The van der Waals surface area contributed by atoms with Gasteiger partial charge in [-0.15, -0.1) is 0 Å². The summed E-state index contributed by atoms with van der Waals surface area (Å²) in [5, 5.41) is 6.23. The molecule has 0 spiro atoms. The highest BCUT2D eigenvalue weighted by atomic mass is 32.1. The van der Waals surface area contributed by atoms with Crippen molar-refractivity contribution in [3.05, 3.63) is 71.8 Å². The monoisotopic (exact) mass is 477 g/mol. The summed E-state index contributed by atoms with van der Waals surface area (Å²) in [6, 6.07) is 18.0. The Morgan fingerprint density at radius 3 is 2.24 bits per heavy atom. The summed E-state index contributed by atoms with van der Waals surface area (Å²) in [6.45, 7) is 0. The normalized spacial score (nSPS) is 10.9. The van der Waals surface area contributed by atoms with Gasteiger partial charge in [-0.3, -0.25) is 4.79 Å². The fraction of sp³-hybridized carbons (Fsp3) is 0.160. The Hall–Kier alpha value is -4.11. The molecule has 1 aromatic heterocycles. The highest BCUT2D eigenvalue weighted by Crippen LogP contribution is 2.38. The Morgan fingerprint density at radius 2 is 1.62 bits per heavy atom. The van der Waals surface area contributed by atoms with Gasteiger partial charge in [0.2, 0.25) is 10.9 Å². The first-order valence-corrected chi connectivity index (χ1v) is 11.1. The number of rotatable bonds is 8.